The highest BCUT2D eigenvalue weighted by molar-refractivity contribution is 6.24. The number of carbonyl (C=O) groups excluding carboxylic acids is 2. The average molecular weight is 627 g/mol. The van der Waals surface area contributed by atoms with Crippen LogP contribution in [0.4, 0.5) is 40.8 Å². The molecule has 5 rings (SSSR count). The second kappa shape index (κ2) is 10.8. The van der Waals surface area contributed by atoms with Gasteiger partial charge in [-0.1, -0.05) is 0 Å². The quantitative estimate of drug-likeness (QED) is 0.265. The Morgan fingerprint density at radius 2 is 1.75 bits per heavy atom. The summed E-state index contributed by atoms with van der Waals surface area (Å²) in [4.78, 5) is 33.9. The molecule has 1 saturated heterocycles. The van der Waals surface area contributed by atoms with Crippen LogP contribution in [0.25, 0.3) is 11.3 Å². The molecule has 0 aliphatic carbocycles. The zero-order chi connectivity index (χ0) is 32.2. The molecule has 3 heterocycles. The third kappa shape index (κ3) is 5.56. The molecule has 3 aromatic rings. The van der Waals surface area contributed by atoms with Crippen molar-refractivity contribution < 1.29 is 49.8 Å². The normalized spacial score (nSPS) is 19.4. The predicted octanol–water partition coefficient (Wildman–Crippen LogP) is 6.02. The van der Waals surface area contributed by atoms with Crippen LogP contribution >= 0.6 is 0 Å². The molecule has 2 amide bonds. The van der Waals surface area contributed by atoms with E-state index in [0.29, 0.717) is 30.9 Å². The van der Waals surface area contributed by atoms with E-state index in [1.54, 1.807) is 0 Å². The summed E-state index contributed by atoms with van der Waals surface area (Å²) in [6.07, 6.45) is -8.74. The number of fused-ring (bicyclic) bond motifs is 1. The molecule has 2 aliphatic heterocycles. The average Bonchev–Trinajstić information content (AvgIpc) is 3.35. The number of nitrogens with zero attached hydrogens (tertiary/aromatic N) is 4. The van der Waals surface area contributed by atoms with Gasteiger partial charge in [-0.05, 0) is 62.2 Å². The van der Waals surface area contributed by atoms with Crippen molar-refractivity contribution >= 4 is 17.5 Å². The van der Waals surface area contributed by atoms with Gasteiger partial charge in [-0.15, -0.1) is 0 Å². The highest BCUT2D eigenvalue weighted by Crippen LogP contribution is 2.43. The Balaban J connectivity index is 1.57. The number of aromatic nitrogens is 2. The second-order valence-electron chi connectivity index (χ2n) is 10.3. The van der Waals surface area contributed by atoms with E-state index < -0.39 is 87.4 Å². The summed E-state index contributed by atoms with van der Waals surface area (Å²) in [7, 11) is 0. The summed E-state index contributed by atoms with van der Waals surface area (Å²) in [6, 6.07) is 4.76. The molecule has 2 aromatic carbocycles. The minimum Gasteiger partial charge on any atom is -0.509 e. The predicted molar refractivity (Wildman–Crippen MR) is 137 cm³/mol. The van der Waals surface area contributed by atoms with Gasteiger partial charge >= 0.3 is 12.4 Å². The fraction of sp³-hybridized carbons (Fsp3) is 0.286. The molecule has 2 aliphatic rings. The summed E-state index contributed by atoms with van der Waals surface area (Å²) in [5, 5.41) is 15.8. The number of aliphatic hydroxyl groups is 1. The van der Waals surface area contributed by atoms with Crippen molar-refractivity contribution in [1.82, 2.24) is 20.0 Å². The van der Waals surface area contributed by atoms with Gasteiger partial charge < -0.3 is 10.4 Å². The monoisotopic (exact) mass is 627 g/mol. The first-order chi connectivity index (χ1) is 20.5. The fourth-order valence-electron chi connectivity index (χ4n) is 5.26. The molecule has 0 bridgehead atoms. The van der Waals surface area contributed by atoms with Crippen LogP contribution in [-0.2, 0) is 28.5 Å². The lowest BCUT2D eigenvalue weighted by molar-refractivity contribution is -0.160. The summed E-state index contributed by atoms with van der Waals surface area (Å²) in [5.41, 5.74) is -6.84. The Labute approximate surface area is 243 Å². The molecule has 8 nitrogen and oxygen atoms in total. The van der Waals surface area contributed by atoms with Gasteiger partial charge in [-0.25, -0.2) is 23.8 Å². The molecule has 1 aromatic heterocycles. The van der Waals surface area contributed by atoms with E-state index in [0.717, 1.165) is 29.3 Å². The molecule has 0 saturated carbocycles. The molecule has 0 radical (unpaired) electrons. The number of halogens is 8. The third-order valence-electron chi connectivity index (χ3n) is 7.47. The lowest BCUT2D eigenvalue weighted by Crippen LogP contribution is -2.60. The second-order valence-corrected chi connectivity index (χ2v) is 10.3. The number of aliphatic hydroxyl groups excluding tert-OH is 1. The zero-order valence-corrected chi connectivity index (χ0v) is 22.5. The van der Waals surface area contributed by atoms with Crippen LogP contribution < -0.4 is 5.32 Å². The lowest BCUT2D eigenvalue weighted by atomic mass is 9.90. The topological polar surface area (TPSA) is 98.7 Å². The Hall–Kier alpha value is -4.60. The molecule has 1 atom stereocenters. The summed E-state index contributed by atoms with van der Waals surface area (Å²) >= 11 is 0. The number of hydrazine groups is 1. The Kier molecular flexibility index (Phi) is 7.60. The Morgan fingerprint density at radius 3 is 2.43 bits per heavy atom. The van der Waals surface area contributed by atoms with Crippen LogP contribution in [0, 0.1) is 11.6 Å². The van der Waals surface area contributed by atoms with Crippen molar-refractivity contribution in [2.24, 2.45) is 0 Å². The van der Waals surface area contributed by atoms with Gasteiger partial charge in [0.1, 0.15) is 35.0 Å². The molecular weight excluding hydrogens is 606 g/mol. The van der Waals surface area contributed by atoms with Gasteiger partial charge in [0.25, 0.3) is 11.8 Å². The van der Waals surface area contributed by atoms with E-state index in [-0.39, 0.29) is 18.5 Å². The van der Waals surface area contributed by atoms with Gasteiger partial charge in [0.15, 0.2) is 0 Å². The van der Waals surface area contributed by atoms with E-state index in [1.165, 1.54) is 11.9 Å². The number of hydrogen-bond donors (Lipinski definition) is 2. The van der Waals surface area contributed by atoms with Gasteiger partial charge in [-0.3, -0.25) is 14.6 Å². The van der Waals surface area contributed by atoms with Gasteiger partial charge in [0, 0.05) is 17.7 Å². The largest absolute Gasteiger partial charge is 0.509 e. The van der Waals surface area contributed by atoms with E-state index >= 15 is 0 Å². The first-order valence-electron chi connectivity index (χ1n) is 12.9. The molecule has 0 spiro atoms. The minimum atomic E-state index is -4.97. The zero-order valence-electron chi connectivity index (χ0n) is 22.5. The summed E-state index contributed by atoms with van der Waals surface area (Å²) in [6.45, 7) is 1.18. The number of rotatable bonds is 5. The lowest BCUT2D eigenvalue weighted by Gasteiger charge is -2.46. The molecule has 0 unspecified atom stereocenters. The van der Waals surface area contributed by atoms with Crippen molar-refractivity contribution in [2.45, 2.75) is 44.2 Å². The molecule has 16 heteroatoms. The number of benzene rings is 2. The van der Waals surface area contributed by atoms with Crippen LogP contribution in [0.15, 0.2) is 60.1 Å². The van der Waals surface area contributed by atoms with Crippen molar-refractivity contribution in [3.05, 3.63) is 88.6 Å². The maximum Gasteiger partial charge on any atom is 0.433 e. The van der Waals surface area contributed by atoms with E-state index in [4.69, 9.17) is 0 Å². The minimum absolute atomic E-state index is 0.205. The van der Waals surface area contributed by atoms with Crippen LogP contribution in [-0.4, -0.2) is 49.0 Å². The third-order valence-corrected chi connectivity index (χ3v) is 7.47. The van der Waals surface area contributed by atoms with Gasteiger partial charge in [0.2, 0.25) is 0 Å². The highest BCUT2D eigenvalue weighted by atomic mass is 19.4. The number of alkyl halides is 6. The molecular formula is C28H21F8N5O3. The molecule has 1 fully saturated rings. The maximum absolute atomic E-state index is 14.5. The van der Waals surface area contributed by atoms with Crippen molar-refractivity contribution in [3.63, 3.8) is 0 Å². The number of nitrogens with one attached hydrogen (secondary N) is 1. The summed E-state index contributed by atoms with van der Waals surface area (Å²) in [5.74, 6) is -4.75. The SMILES string of the molecule is C[C@]12CCCN1N(Cc1cc(F)ccc1F)C(=O)C(C(=O)Nc1ccc(C(F)(F)F)cc1-c1cc(C(F)(F)F)ncn1)=C2O. The Morgan fingerprint density at radius 1 is 1.02 bits per heavy atom. The van der Waals surface area contributed by atoms with Crippen LogP contribution in [0.3, 0.4) is 0 Å². The highest BCUT2D eigenvalue weighted by Gasteiger charge is 2.52. The first-order valence-corrected chi connectivity index (χ1v) is 12.9. The number of carbonyl (C=O) groups is 2. The van der Waals surface area contributed by atoms with Crippen LogP contribution in [0.1, 0.15) is 36.6 Å². The van der Waals surface area contributed by atoms with E-state index in [1.807, 2.05) is 0 Å². The fourth-order valence-corrected chi connectivity index (χ4v) is 5.26. The van der Waals surface area contributed by atoms with Crippen LogP contribution in [0.5, 0.6) is 0 Å². The Bertz CT molecular complexity index is 1690. The molecule has 44 heavy (non-hydrogen) atoms. The van der Waals surface area contributed by atoms with Crippen molar-refractivity contribution in [2.75, 3.05) is 11.9 Å². The van der Waals surface area contributed by atoms with E-state index in [2.05, 4.69) is 15.3 Å². The first kappa shape index (κ1) is 30.8. The summed E-state index contributed by atoms with van der Waals surface area (Å²) < 4.78 is 109. The van der Waals surface area contributed by atoms with Crippen LogP contribution in [0.2, 0.25) is 0 Å². The number of amides is 2. The van der Waals surface area contributed by atoms with Crippen molar-refractivity contribution in [1.29, 1.82) is 0 Å². The number of anilines is 1. The van der Waals surface area contributed by atoms with E-state index in [9.17, 15) is 49.8 Å². The molecule has 232 valence electrons. The number of hydrogen-bond acceptors (Lipinski definition) is 6. The maximum atomic E-state index is 14.5. The van der Waals surface area contributed by atoms with Crippen molar-refractivity contribution in [3.8, 4) is 11.3 Å². The molecule has 2 N–H and O–H groups in total. The smallest absolute Gasteiger partial charge is 0.433 e. The standard InChI is InChI=1S/C28H21F8N5O3/c1-26-7-2-8-41(26)40(12-14-9-16(29)4-5-18(14)30)25(44)22(23(26)42)24(43)39-19-6-3-15(27(31,32)33)10-17(19)20-11-21(28(34,35)36)38-13-37-20/h3-6,9-11,13,42H,2,7-8,12H2,1H3,(H,39,43)/t26-/m1/s1. The van der Waals surface area contributed by atoms with Gasteiger partial charge in [0.05, 0.1) is 29.0 Å². The van der Waals surface area contributed by atoms with Gasteiger partial charge in [-0.2, -0.15) is 26.3 Å².